The minimum absolute atomic E-state index is 0.272. The standard InChI is InChI=1S/C11H12ClN/c1-3-8-13-9(2)10-4-6-11(12)7-5-10/h1,4-7,9,13H,8H2,2H3/t9-/m1/s1. The molecule has 2 heteroatoms. The maximum absolute atomic E-state index is 5.77. The average molecular weight is 194 g/mol. The van der Waals surface area contributed by atoms with E-state index in [2.05, 4.69) is 18.2 Å². The Labute approximate surface area is 84.1 Å². The first kappa shape index (κ1) is 10.1. The van der Waals surface area contributed by atoms with Crippen LogP contribution in [0.15, 0.2) is 24.3 Å². The van der Waals surface area contributed by atoms with Crippen LogP contribution in [0, 0.1) is 12.3 Å². The second-order valence-corrected chi connectivity index (χ2v) is 3.29. The van der Waals surface area contributed by atoms with E-state index in [1.807, 2.05) is 24.3 Å². The number of nitrogens with one attached hydrogen (secondary N) is 1. The zero-order valence-corrected chi connectivity index (χ0v) is 8.31. The smallest absolute Gasteiger partial charge is 0.0578 e. The molecule has 68 valence electrons. The van der Waals surface area contributed by atoms with Crippen molar-refractivity contribution in [3.05, 3.63) is 34.9 Å². The van der Waals surface area contributed by atoms with E-state index in [0.29, 0.717) is 6.54 Å². The Kier molecular flexibility index (Phi) is 3.82. The fourth-order valence-electron chi connectivity index (χ4n) is 1.08. The van der Waals surface area contributed by atoms with Crippen molar-refractivity contribution < 1.29 is 0 Å². The number of benzene rings is 1. The van der Waals surface area contributed by atoms with Crippen LogP contribution in [0.3, 0.4) is 0 Å². The van der Waals surface area contributed by atoms with E-state index in [1.54, 1.807) is 0 Å². The molecule has 0 amide bonds. The highest BCUT2D eigenvalue weighted by atomic mass is 35.5. The molecule has 0 aliphatic carbocycles. The first-order valence-electron chi connectivity index (χ1n) is 4.16. The van der Waals surface area contributed by atoms with E-state index in [-0.39, 0.29) is 6.04 Å². The highest BCUT2D eigenvalue weighted by molar-refractivity contribution is 6.30. The third-order valence-corrected chi connectivity index (χ3v) is 2.13. The number of halogens is 1. The summed E-state index contributed by atoms with van der Waals surface area (Å²) in [6, 6.07) is 8.02. The van der Waals surface area contributed by atoms with Gasteiger partial charge in [-0.2, -0.15) is 0 Å². The van der Waals surface area contributed by atoms with Gasteiger partial charge in [0.25, 0.3) is 0 Å². The van der Waals surface area contributed by atoms with Gasteiger partial charge in [0.2, 0.25) is 0 Å². The summed E-state index contributed by atoms with van der Waals surface area (Å²) < 4.78 is 0. The Bertz CT molecular complexity index is 297. The van der Waals surface area contributed by atoms with Gasteiger partial charge in [-0.05, 0) is 24.6 Å². The molecule has 0 bridgehead atoms. The molecule has 1 nitrogen and oxygen atoms in total. The quantitative estimate of drug-likeness (QED) is 0.728. The fraction of sp³-hybridized carbons (Fsp3) is 0.273. The molecule has 0 aliphatic rings. The van der Waals surface area contributed by atoms with Crippen LogP contribution in [0.4, 0.5) is 0 Å². The summed E-state index contributed by atoms with van der Waals surface area (Å²) in [5.74, 6) is 2.54. The Balaban J connectivity index is 2.62. The second kappa shape index (κ2) is 4.91. The van der Waals surface area contributed by atoms with Gasteiger partial charge in [0.15, 0.2) is 0 Å². The molecule has 0 saturated heterocycles. The average Bonchev–Trinajstić information content (AvgIpc) is 2.15. The Morgan fingerprint density at radius 3 is 2.62 bits per heavy atom. The van der Waals surface area contributed by atoms with Crippen LogP contribution >= 0.6 is 11.6 Å². The molecule has 1 aromatic rings. The zero-order chi connectivity index (χ0) is 9.68. The van der Waals surface area contributed by atoms with Crippen molar-refractivity contribution in [3.63, 3.8) is 0 Å². The lowest BCUT2D eigenvalue weighted by Crippen LogP contribution is -2.18. The topological polar surface area (TPSA) is 12.0 Å². The maximum Gasteiger partial charge on any atom is 0.0578 e. The van der Waals surface area contributed by atoms with Gasteiger partial charge in [-0.25, -0.2) is 0 Å². The largest absolute Gasteiger partial charge is 0.300 e. The summed E-state index contributed by atoms with van der Waals surface area (Å²) in [5.41, 5.74) is 1.19. The van der Waals surface area contributed by atoms with E-state index in [9.17, 15) is 0 Å². The predicted octanol–water partition coefficient (Wildman–Crippen LogP) is 2.62. The van der Waals surface area contributed by atoms with Crippen molar-refractivity contribution in [3.8, 4) is 12.3 Å². The number of rotatable bonds is 3. The van der Waals surface area contributed by atoms with Crippen molar-refractivity contribution in [2.75, 3.05) is 6.54 Å². The van der Waals surface area contributed by atoms with E-state index in [0.717, 1.165) is 5.02 Å². The summed E-state index contributed by atoms with van der Waals surface area (Å²) in [7, 11) is 0. The van der Waals surface area contributed by atoms with Crippen molar-refractivity contribution in [1.29, 1.82) is 0 Å². The van der Waals surface area contributed by atoms with Crippen LogP contribution < -0.4 is 5.32 Å². The zero-order valence-electron chi connectivity index (χ0n) is 7.55. The molecule has 0 heterocycles. The lowest BCUT2D eigenvalue weighted by molar-refractivity contribution is 0.623. The summed E-state index contributed by atoms with van der Waals surface area (Å²) in [6.07, 6.45) is 5.15. The molecule has 0 saturated carbocycles. The van der Waals surface area contributed by atoms with Gasteiger partial charge in [-0.15, -0.1) is 6.42 Å². The number of hydrogen-bond acceptors (Lipinski definition) is 1. The lowest BCUT2D eigenvalue weighted by atomic mass is 10.1. The first-order valence-corrected chi connectivity index (χ1v) is 4.54. The van der Waals surface area contributed by atoms with E-state index in [4.69, 9.17) is 18.0 Å². The van der Waals surface area contributed by atoms with Gasteiger partial charge in [0.1, 0.15) is 0 Å². The van der Waals surface area contributed by atoms with Crippen LogP contribution in [-0.2, 0) is 0 Å². The van der Waals surface area contributed by atoms with Crippen molar-refractivity contribution >= 4 is 11.6 Å². The molecule has 1 atom stereocenters. The third kappa shape index (κ3) is 3.10. The summed E-state index contributed by atoms with van der Waals surface area (Å²) >= 11 is 5.77. The van der Waals surface area contributed by atoms with Gasteiger partial charge >= 0.3 is 0 Å². The van der Waals surface area contributed by atoms with E-state index >= 15 is 0 Å². The second-order valence-electron chi connectivity index (χ2n) is 2.86. The molecule has 0 spiro atoms. The van der Waals surface area contributed by atoms with Gasteiger partial charge in [-0.3, -0.25) is 5.32 Å². The molecule has 0 aliphatic heterocycles. The van der Waals surface area contributed by atoms with Crippen molar-refractivity contribution in [1.82, 2.24) is 5.32 Å². The summed E-state index contributed by atoms with van der Waals surface area (Å²) in [6.45, 7) is 2.66. The first-order chi connectivity index (χ1) is 6.24. The van der Waals surface area contributed by atoms with Gasteiger partial charge in [-0.1, -0.05) is 29.7 Å². The Hall–Kier alpha value is -0.970. The molecule has 13 heavy (non-hydrogen) atoms. The molecule has 0 fully saturated rings. The normalized spacial score (nSPS) is 12.1. The van der Waals surface area contributed by atoms with Crippen LogP contribution in [0.1, 0.15) is 18.5 Å². The van der Waals surface area contributed by atoms with E-state index < -0.39 is 0 Å². The summed E-state index contributed by atoms with van der Waals surface area (Å²) in [4.78, 5) is 0. The molecule has 1 N–H and O–H groups in total. The van der Waals surface area contributed by atoms with Crippen LogP contribution in [0.2, 0.25) is 5.02 Å². The maximum atomic E-state index is 5.77. The lowest BCUT2D eigenvalue weighted by Gasteiger charge is -2.11. The SMILES string of the molecule is C#CCN[C@H](C)c1ccc(Cl)cc1. The highest BCUT2D eigenvalue weighted by Gasteiger charge is 2.02. The van der Waals surface area contributed by atoms with Crippen molar-refractivity contribution in [2.45, 2.75) is 13.0 Å². The van der Waals surface area contributed by atoms with Gasteiger partial charge in [0, 0.05) is 11.1 Å². The van der Waals surface area contributed by atoms with Crippen LogP contribution in [0.5, 0.6) is 0 Å². The molecular formula is C11H12ClN. The molecule has 1 aromatic carbocycles. The van der Waals surface area contributed by atoms with E-state index in [1.165, 1.54) is 5.56 Å². The molecular weight excluding hydrogens is 182 g/mol. The molecule has 0 radical (unpaired) electrons. The predicted molar refractivity (Wildman–Crippen MR) is 56.7 cm³/mol. The van der Waals surface area contributed by atoms with Gasteiger partial charge in [0.05, 0.1) is 6.54 Å². The molecule has 0 unspecified atom stereocenters. The molecule has 1 rings (SSSR count). The minimum Gasteiger partial charge on any atom is -0.300 e. The van der Waals surface area contributed by atoms with Crippen LogP contribution in [-0.4, -0.2) is 6.54 Å². The number of terminal acetylenes is 1. The third-order valence-electron chi connectivity index (χ3n) is 1.88. The molecule has 0 aromatic heterocycles. The van der Waals surface area contributed by atoms with Crippen LogP contribution in [0.25, 0.3) is 0 Å². The Morgan fingerprint density at radius 2 is 2.08 bits per heavy atom. The highest BCUT2D eigenvalue weighted by Crippen LogP contribution is 2.15. The Morgan fingerprint density at radius 1 is 1.46 bits per heavy atom. The number of hydrogen-bond donors (Lipinski definition) is 1. The van der Waals surface area contributed by atoms with Crippen molar-refractivity contribution in [2.24, 2.45) is 0 Å². The fourth-order valence-corrected chi connectivity index (χ4v) is 1.21. The minimum atomic E-state index is 0.272. The summed E-state index contributed by atoms with van der Waals surface area (Å²) in [5, 5.41) is 3.95. The monoisotopic (exact) mass is 193 g/mol. The van der Waals surface area contributed by atoms with Gasteiger partial charge < -0.3 is 0 Å².